The Bertz CT molecular complexity index is 913. The first-order chi connectivity index (χ1) is 13.1. The summed E-state index contributed by atoms with van der Waals surface area (Å²) in [6.07, 6.45) is 0. The molecule has 4 rings (SSSR count). The van der Waals surface area contributed by atoms with Crippen molar-refractivity contribution in [2.45, 2.75) is 0 Å². The van der Waals surface area contributed by atoms with Gasteiger partial charge in [-0.3, -0.25) is 0 Å². The molecule has 0 heterocycles. The molecule has 0 aliphatic heterocycles. The predicted molar refractivity (Wildman–Crippen MR) is 120 cm³/mol. The molecule has 0 aliphatic rings. The summed E-state index contributed by atoms with van der Waals surface area (Å²) in [7, 11) is 0. The highest BCUT2D eigenvalue weighted by molar-refractivity contribution is 9.10. The van der Waals surface area contributed by atoms with Crippen LogP contribution >= 0.6 is 31.9 Å². The number of halogens is 2. The van der Waals surface area contributed by atoms with E-state index in [0.29, 0.717) is 0 Å². The fourth-order valence-corrected chi connectivity index (χ4v) is 3.59. The summed E-state index contributed by atoms with van der Waals surface area (Å²) in [6.45, 7) is 0. The van der Waals surface area contributed by atoms with E-state index in [9.17, 15) is 5.11 Å². The lowest BCUT2D eigenvalue weighted by Crippen LogP contribution is -1.86. The van der Waals surface area contributed by atoms with Crippen LogP contribution in [0.2, 0.25) is 0 Å². The number of hydrogen-bond acceptors (Lipinski definition) is 1. The fraction of sp³-hybridized carbons (Fsp3) is 0. The van der Waals surface area contributed by atoms with E-state index >= 15 is 0 Å². The molecule has 0 spiro atoms. The van der Waals surface area contributed by atoms with Crippen molar-refractivity contribution in [1.29, 1.82) is 0 Å². The van der Waals surface area contributed by atoms with Gasteiger partial charge >= 0.3 is 0 Å². The average molecular weight is 480 g/mol. The smallest absolute Gasteiger partial charge is 0.115 e. The van der Waals surface area contributed by atoms with E-state index in [2.05, 4.69) is 98.6 Å². The summed E-state index contributed by atoms with van der Waals surface area (Å²) in [5, 5.41) is 9.61. The quantitative estimate of drug-likeness (QED) is 0.316. The molecule has 132 valence electrons. The molecule has 0 radical (unpaired) electrons. The van der Waals surface area contributed by atoms with Crippen LogP contribution in [0, 0.1) is 0 Å². The van der Waals surface area contributed by atoms with Gasteiger partial charge in [0, 0.05) is 8.95 Å². The molecular weight excluding hydrogens is 464 g/mol. The Hall–Kier alpha value is -2.36. The van der Waals surface area contributed by atoms with Crippen LogP contribution in [0.4, 0.5) is 0 Å². The largest absolute Gasteiger partial charge is 0.508 e. The predicted octanol–water partition coefficient (Wildman–Crippen LogP) is 7.92. The van der Waals surface area contributed by atoms with E-state index in [1.165, 1.54) is 0 Å². The molecule has 0 aliphatic carbocycles. The first-order valence-electron chi connectivity index (χ1n) is 8.55. The van der Waals surface area contributed by atoms with Crippen LogP contribution in [-0.4, -0.2) is 5.11 Å². The van der Waals surface area contributed by atoms with E-state index in [1.807, 2.05) is 12.1 Å². The van der Waals surface area contributed by atoms with Crippen molar-refractivity contribution >= 4 is 31.9 Å². The molecule has 27 heavy (non-hydrogen) atoms. The number of benzene rings is 4. The van der Waals surface area contributed by atoms with Gasteiger partial charge in [0.15, 0.2) is 0 Å². The van der Waals surface area contributed by atoms with E-state index in [-0.39, 0.29) is 5.75 Å². The van der Waals surface area contributed by atoms with Crippen molar-refractivity contribution in [3.63, 3.8) is 0 Å². The third-order valence-electron chi connectivity index (χ3n) is 4.49. The Kier molecular flexibility index (Phi) is 5.15. The highest BCUT2D eigenvalue weighted by atomic mass is 79.9. The van der Waals surface area contributed by atoms with Crippen LogP contribution < -0.4 is 0 Å². The first-order valence-corrected chi connectivity index (χ1v) is 10.1. The highest BCUT2D eigenvalue weighted by Gasteiger charge is 2.08. The van der Waals surface area contributed by atoms with Gasteiger partial charge in [0.2, 0.25) is 0 Å². The third-order valence-corrected chi connectivity index (χ3v) is 5.55. The van der Waals surface area contributed by atoms with Gasteiger partial charge in [-0.1, -0.05) is 68.3 Å². The normalized spacial score (nSPS) is 10.7. The zero-order valence-electron chi connectivity index (χ0n) is 14.4. The maximum atomic E-state index is 9.61. The van der Waals surface area contributed by atoms with Crippen molar-refractivity contribution in [2.24, 2.45) is 0 Å². The maximum absolute atomic E-state index is 9.61. The van der Waals surface area contributed by atoms with Crippen LogP contribution in [0.5, 0.6) is 5.75 Å². The molecule has 0 fully saturated rings. The van der Waals surface area contributed by atoms with Crippen LogP contribution in [-0.2, 0) is 0 Å². The third kappa shape index (κ3) is 4.15. The fourth-order valence-electron chi connectivity index (χ4n) is 3.07. The number of hydrogen-bond donors (Lipinski definition) is 1. The van der Waals surface area contributed by atoms with Gasteiger partial charge in [-0.2, -0.15) is 0 Å². The molecule has 0 amide bonds. The number of rotatable bonds is 3. The lowest BCUT2D eigenvalue weighted by atomic mass is 9.93. The second kappa shape index (κ2) is 7.71. The topological polar surface area (TPSA) is 20.2 Å². The molecule has 0 saturated heterocycles. The SMILES string of the molecule is Oc1ccc(-c2cc(-c3ccc(Br)cc3)cc(-c3ccc(Br)cc3)c2)cc1. The Morgan fingerprint density at radius 2 is 0.704 bits per heavy atom. The van der Waals surface area contributed by atoms with Crippen molar-refractivity contribution in [3.8, 4) is 39.1 Å². The van der Waals surface area contributed by atoms with Crippen molar-refractivity contribution in [3.05, 3.63) is 99.9 Å². The van der Waals surface area contributed by atoms with Crippen LogP contribution in [0.3, 0.4) is 0 Å². The van der Waals surface area contributed by atoms with Gasteiger partial charge in [0.25, 0.3) is 0 Å². The van der Waals surface area contributed by atoms with Crippen molar-refractivity contribution in [1.82, 2.24) is 0 Å². The Balaban J connectivity index is 1.89. The minimum atomic E-state index is 0.274. The molecule has 0 aromatic heterocycles. The molecule has 3 heteroatoms. The lowest BCUT2D eigenvalue weighted by Gasteiger charge is -2.12. The molecule has 0 unspecified atom stereocenters. The minimum Gasteiger partial charge on any atom is -0.508 e. The first kappa shape index (κ1) is 18.0. The van der Waals surface area contributed by atoms with E-state index < -0.39 is 0 Å². The number of phenols is 1. The Morgan fingerprint density at radius 3 is 1.04 bits per heavy atom. The van der Waals surface area contributed by atoms with E-state index in [4.69, 9.17) is 0 Å². The zero-order valence-corrected chi connectivity index (χ0v) is 17.5. The van der Waals surface area contributed by atoms with Gasteiger partial charge in [0.05, 0.1) is 0 Å². The number of aromatic hydroxyl groups is 1. The van der Waals surface area contributed by atoms with E-state index in [0.717, 1.165) is 42.3 Å². The lowest BCUT2D eigenvalue weighted by molar-refractivity contribution is 0.475. The Morgan fingerprint density at radius 1 is 0.407 bits per heavy atom. The monoisotopic (exact) mass is 478 g/mol. The molecule has 1 N–H and O–H groups in total. The van der Waals surface area contributed by atoms with Crippen molar-refractivity contribution < 1.29 is 5.11 Å². The van der Waals surface area contributed by atoms with Gasteiger partial charge in [0.1, 0.15) is 5.75 Å². The second-order valence-electron chi connectivity index (χ2n) is 6.36. The van der Waals surface area contributed by atoms with Gasteiger partial charge in [-0.25, -0.2) is 0 Å². The molecule has 1 nitrogen and oxygen atoms in total. The standard InChI is InChI=1S/C24H16Br2O/c25-22-7-1-16(2-8-22)19-13-20(17-3-9-23(26)10-4-17)15-21(14-19)18-5-11-24(27)12-6-18/h1-15,27H. The summed E-state index contributed by atoms with van der Waals surface area (Å²) in [6, 6.07) is 30.6. The molecule has 0 bridgehead atoms. The highest BCUT2D eigenvalue weighted by Crippen LogP contribution is 2.34. The maximum Gasteiger partial charge on any atom is 0.115 e. The summed E-state index contributed by atoms with van der Waals surface area (Å²) in [5.41, 5.74) is 6.84. The van der Waals surface area contributed by atoms with Crippen molar-refractivity contribution in [2.75, 3.05) is 0 Å². The van der Waals surface area contributed by atoms with Crippen LogP contribution in [0.25, 0.3) is 33.4 Å². The van der Waals surface area contributed by atoms with Gasteiger partial charge in [-0.15, -0.1) is 0 Å². The summed E-state index contributed by atoms with van der Waals surface area (Å²) >= 11 is 7.01. The summed E-state index contributed by atoms with van der Waals surface area (Å²) < 4.78 is 2.13. The average Bonchev–Trinajstić information content (AvgIpc) is 2.69. The zero-order chi connectivity index (χ0) is 18.8. The molecule has 0 atom stereocenters. The van der Waals surface area contributed by atoms with Crippen LogP contribution in [0.15, 0.2) is 99.9 Å². The summed E-state index contributed by atoms with van der Waals surface area (Å²) in [5.74, 6) is 0.274. The van der Waals surface area contributed by atoms with Crippen LogP contribution in [0.1, 0.15) is 0 Å². The van der Waals surface area contributed by atoms with Gasteiger partial charge < -0.3 is 5.11 Å². The Labute approximate surface area is 175 Å². The van der Waals surface area contributed by atoms with E-state index in [1.54, 1.807) is 12.1 Å². The minimum absolute atomic E-state index is 0.274. The molecular formula is C24H16Br2O. The second-order valence-corrected chi connectivity index (χ2v) is 8.19. The molecule has 0 saturated carbocycles. The number of phenolic OH excluding ortho intramolecular Hbond substituents is 1. The summed E-state index contributed by atoms with van der Waals surface area (Å²) in [4.78, 5) is 0. The van der Waals surface area contributed by atoms with Gasteiger partial charge in [-0.05, 0) is 88.0 Å². The molecule has 4 aromatic carbocycles. The molecule has 4 aromatic rings.